The molecule has 38 heavy (non-hydrogen) atoms. The van der Waals surface area contributed by atoms with Crippen LogP contribution in [0.15, 0.2) is 59.2 Å². The van der Waals surface area contributed by atoms with E-state index >= 15 is 0 Å². The van der Waals surface area contributed by atoms with Crippen LogP contribution in [0.3, 0.4) is 0 Å². The van der Waals surface area contributed by atoms with Gasteiger partial charge < -0.3 is 28.8 Å². The van der Waals surface area contributed by atoms with Crippen molar-refractivity contribution in [2.75, 3.05) is 40.5 Å². The highest BCUT2D eigenvalue weighted by atomic mass is 35.5. The van der Waals surface area contributed by atoms with Crippen LogP contribution in [0.4, 0.5) is 0 Å². The molecule has 2 aromatic carbocycles. The molecule has 1 unspecified atom stereocenters. The number of methoxy groups -OCH3 is 2. The lowest BCUT2D eigenvalue weighted by molar-refractivity contribution is 0.0519. The smallest absolute Gasteiger partial charge is 0.254 e. The van der Waals surface area contributed by atoms with E-state index in [1.54, 1.807) is 38.7 Å². The highest BCUT2D eigenvalue weighted by Crippen LogP contribution is 2.34. The average Bonchev–Trinajstić information content (AvgIpc) is 3.42. The number of nitrogens with zero attached hydrogens (tertiary/aromatic N) is 2. The molecule has 1 amide bonds. The van der Waals surface area contributed by atoms with Crippen LogP contribution < -0.4 is 14.8 Å². The van der Waals surface area contributed by atoms with Gasteiger partial charge in [0, 0.05) is 43.9 Å². The van der Waals surface area contributed by atoms with Crippen molar-refractivity contribution in [1.82, 2.24) is 15.2 Å². The zero-order chi connectivity index (χ0) is 26.2. The zero-order valence-corrected chi connectivity index (χ0v) is 23.3. The molecule has 3 aromatic rings. The monoisotopic (exact) mass is 543 g/mol. The van der Waals surface area contributed by atoms with E-state index in [4.69, 9.17) is 23.6 Å². The number of ether oxygens (including phenoxy) is 3. The summed E-state index contributed by atoms with van der Waals surface area (Å²) in [5, 5.41) is 3.46. The van der Waals surface area contributed by atoms with Gasteiger partial charge >= 0.3 is 0 Å². The molecule has 206 valence electrons. The molecular formula is C29H38ClN3O5. The second-order valence-electron chi connectivity index (χ2n) is 9.47. The van der Waals surface area contributed by atoms with Gasteiger partial charge in [0.15, 0.2) is 17.4 Å². The molecule has 0 aliphatic carbocycles. The molecule has 4 rings (SSSR count). The van der Waals surface area contributed by atoms with Gasteiger partial charge in [-0.05, 0) is 45.0 Å². The van der Waals surface area contributed by atoms with Gasteiger partial charge in [0.25, 0.3) is 5.91 Å². The Morgan fingerprint density at radius 3 is 2.63 bits per heavy atom. The summed E-state index contributed by atoms with van der Waals surface area (Å²) >= 11 is 0. The summed E-state index contributed by atoms with van der Waals surface area (Å²) in [5.41, 5.74) is 2.37. The molecule has 2 heterocycles. The van der Waals surface area contributed by atoms with Crippen LogP contribution in [-0.2, 0) is 4.74 Å². The minimum atomic E-state index is -0.114. The number of carbonyl (C=O) groups is 1. The number of aromatic nitrogens is 1. The topological polar surface area (TPSA) is 86.1 Å². The number of piperidine rings is 1. The number of amides is 1. The van der Waals surface area contributed by atoms with Crippen LogP contribution in [-0.4, -0.2) is 68.4 Å². The van der Waals surface area contributed by atoms with E-state index in [2.05, 4.69) is 5.32 Å². The third-order valence-corrected chi connectivity index (χ3v) is 6.67. The molecule has 0 saturated carbocycles. The Hall–Kier alpha value is -3.07. The number of benzene rings is 2. The quantitative estimate of drug-likeness (QED) is 0.333. The van der Waals surface area contributed by atoms with Crippen molar-refractivity contribution in [1.29, 1.82) is 0 Å². The van der Waals surface area contributed by atoms with Crippen molar-refractivity contribution in [3.8, 4) is 22.8 Å². The number of hydrogen-bond donors (Lipinski definition) is 1. The highest BCUT2D eigenvalue weighted by molar-refractivity contribution is 5.95. The zero-order valence-electron chi connectivity index (χ0n) is 22.5. The minimum absolute atomic E-state index is 0. The first-order chi connectivity index (χ1) is 18.0. The van der Waals surface area contributed by atoms with Gasteiger partial charge in [-0.25, -0.2) is 4.98 Å². The summed E-state index contributed by atoms with van der Waals surface area (Å²) in [4.78, 5) is 20.7. The molecule has 1 aliphatic heterocycles. The van der Waals surface area contributed by atoms with Crippen molar-refractivity contribution in [3.63, 3.8) is 0 Å². The summed E-state index contributed by atoms with van der Waals surface area (Å²) in [5.74, 6) is 1.73. The Labute approximate surface area is 231 Å². The molecule has 1 aliphatic rings. The van der Waals surface area contributed by atoms with Gasteiger partial charge in [-0.15, -0.1) is 12.4 Å². The standard InChI is InChI=1S/C29H37N3O5.ClH/c1-20(2)32(29(33)22-11-12-26(35-4)27(17-22)36-16-8-15-34-3)25-18-30-14-13-23(25)28-31-24(19-37-28)21-9-6-5-7-10-21;/h5-7,9-12,17,19-20,23,25,30H,8,13-16,18H2,1-4H3;1H/t23-,25?;/m0./s1. The Balaban J connectivity index is 0.00000400. The van der Waals surface area contributed by atoms with E-state index in [1.165, 1.54) is 0 Å². The molecule has 0 bridgehead atoms. The van der Waals surface area contributed by atoms with Gasteiger partial charge in [0.2, 0.25) is 0 Å². The predicted octanol–water partition coefficient (Wildman–Crippen LogP) is 5.18. The van der Waals surface area contributed by atoms with Gasteiger partial charge in [-0.3, -0.25) is 4.79 Å². The van der Waals surface area contributed by atoms with E-state index < -0.39 is 0 Å². The molecule has 8 nitrogen and oxygen atoms in total. The lowest BCUT2D eigenvalue weighted by atomic mass is 9.89. The molecule has 2 atom stereocenters. The van der Waals surface area contributed by atoms with Crippen LogP contribution >= 0.6 is 12.4 Å². The summed E-state index contributed by atoms with van der Waals surface area (Å²) in [6.07, 6.45) is 3.28. The normalized spacial score (nSPS) is 17.1. The maximum absolute atomic E-state index is 13.9. The molecule has 1 saturated heterocycles. The fourth-order valence-electron chi connectivity index (χ4n) is 4.85. The highest BCUT2D eigenvalue weighted by Gasteiger charge is 2.38. The average molecular weight is 544 g/mol. The third-order valence-electron chi connectivity index (χ3n) is 6.67. The van der Waals surface area contributed by atoms with Crippen LogP contribution in [0.2, 0.25) is 0 Å². The summed E-state index contributed by atoms with van der Waals surface area (Å²) in [7, 11) is 3.26. The van der Waals surface area contributed by atoms with Crippen molar-refractivity contribution < 1.29 is 23.4 Å². The van der Waals surface area contributed by atoms with E-state index in [1.807, 2.05) is 49.1 Å². The molecule has 1 N–H and O–H groups in total. The van der Waals surface area contributed by atoms with Crippen LogP contribution in [0.5, 0.6) is 11.5 Å². The first-order valence-corrected chi connectivity index (χ1v) is 12.9. The molecule has 9 heteroatoms. The number of rotatable bonds is 11. The van der Waals surface area contributed by atoms with Crippen LogP contribution in [0, 0.1) is 0 Å². The van der Waals surface area contributed by atoms with Crippen molar-refractivity contribution in [2.45, 2.75) is 44.7 Å². The van der Waals surface area contributed by atoms with Crippen LogP contribution in [0.1, 0.15) is 48.9 Å². The summed E-state index contributed by atoms with van der Waals surface area (Å²) < 4.78 is 22.5. The fraction of sp³-hybridized carbons (Fsp3) is 0.448. The lowest BCUT2D eigenvalue weighted by Crippen LogP contribution is -2.55. The Kier molecular flexibility index (Phi) is 11.0. The number of hydrogen-bond acceptors (Lipinski definition) is 7. The van der Waals surface area contributed by atoms with Gasteiger partial charge in [-0.1, -0.05) is 30.3 Å². The minimum Gasteiger partial charge on any atom is -0.493 e. The second-order valence-corrected chi connectivity index (χ2v) is 9.47. The molecule has 1 aromatic heterocycles. The molecule has 1 fully saturated rings. The first-order valence-electron chi connectivity index (χ1n) is 12.9. The van der Waals surface area contributed by atoms with E-state index in [9.17, 15) is 4.79 Å². The van der Waals surface area contributed by atoms with E-state index in [0.717, 1.165) is 30.6 Å². The third kappa shape index (κ3) is 6.87. The van der Waals surface area contributed by atoms with Gasteiger partial charge in [0.1, 0.15) is 12.0 Å². The SMILES string of the molecule is COCCCOc1cc(C(=O)N(C(C)C)C2CNCC[C@@H]2c2nc(-c3ccccc3)co2)ccc1OC.Cl. The molecule has 0 spiro atoms. The van der Waals surface area contributed by atoms with Gasteiger partial charge in [-0.2, -0.15) is 0 Å². The summed E-state index contributed by atoms with van der Waals surface area (Å²) in [6, 6.07) is 15.2. The predicted molar refractivity (Wildman–Crippen MR) is 149 cm³/mol. The van der Waals surface area contributed by atoms with Crippen LogP contribution in [0.25, 0.3) is 11.3 Å². The largest absolute Gasteiger partial charge is 0.493 e. The number of halogens is 1. The molecule has 0 radical (unpaired) electrons. The Morgan fingerprint density at radius 1 is 1.13 bits per heavy atom. The lowest BCUT2D eigenvalue weighted by Gasteiger charge is -2.41. The number of carbonyl (C=O) groups excluding carboxylic acids is 1. The van der Waals surface area contributed by atoms with Gasteiger partial charge in [0.05, 0.1) is 25.7 Å². The Morgan fingerprint density at radius 2 is 1.92 bits per heavy atom. The maximum atomic E-state index is 13.9. The van der Waals surface area contributed by atoms with E-state index in [0.29, 0.717) is 42.7 Å². The second kappa shape index (κ2) is 14.2. The number of oxazole rings is 1. The Bertz CT molecular complexity index is 1150. The fourth-order valence-corrected chi connectivity index (χ4v) is 4.85. The van der Waals surface area contributed by atoms with Crippen molar-refractivity contribution in [2.24, 2.45) is 0 Å². The first kappa shape index (κ1) is 29.5. The number of nitrogens with one attached hydrogen (secondary N) is 1. The van der Waals surface area contributed by atoms with E-state index in [-0.39, 0.29) is 36.3 Å². The van der Waals surface area contributed by atoms with Crippen molar-refractivity contribution >= 4 is 18.3 Å². The molecular weight excluding hydrogens is 506 g/mol. The van der Waals surface area contributed by atoms with Crippen molar-refractivity contribution in [3.05, 3.63) is 66.2 Å². The summed E-state index contributed by atoms with van der Waals surface area (Å²) in [6.45, 7) is 6.66. The maximum Gasteiger partial charge on any atom is 0.254 e.